The van der Waals surface area contributed by atoms with E-state index in [1.165, 1.54) is 6.33 Å². The van der Waals surface area contributed by atoms with Crippen LogP contribution in [0.25, 0.3) is 0 Å². The standard InChI is InChI=1S/C14H20FN5O/c1-5-11-12(15)14(17-8-16-11)18-13-9(2)19-20(10(13)3)6-7-21-4/h8H,5-7H2,1-4H3,(H,16,17,18). The van der Waals surface area contributed by atoms with Crippen LogP contribution < -0.4 is 5.32 Å². The lowest BCUT2D eigenvalue weighted by Crippen LogP contribution is -2.08. The summed E-state index contributed by atoms with van der Waals surface area (Å²) in [6.45, 7) is 6.88. The van der Waals surface area contributed by atoms with Crippen LogP contribution >= 0.6 is 0 Å². The normalized spacial score (nSPS) is 10.9. The summed E-state index contributed by atoms with van der Waals surface area (Å²) in [6, 6.07) is 0. The fraction of sp³-hybridized carbons (Fsp3) is 0.500. The third kappa shape index (κ3) is 3.18. The second kappa shape index (κ2) is 6.62. The lowest BCUT2D eigenvalue weighted by atomic mass is 10.2. The third-order valence-electron chi connectivity index (χ3n) is 3.33. The first kappa shape index (κ1) is 15.4. The molecule has 7 heteroatoms. The van der Waals surface area contributed by atoms with Gasteiger partial charge in [0.15, 0.2) is 11.6 Å². The summed E-state index contributed by atoms with van der Waals surface area (Å²) in [7, 11) is 1.65. The Balaban J connectivity index is 2.30. The number of hydrogen-bond acceptors (Lipinski definition) is 5. The third-order valence-corrected chi connectivity index (χ3v) is 3.33. The van der Waals surface area contributed by atoms with Gasteiger partial charge < -0.3 is 10.1 Å². The van der Waals surface area contributed by atoms with E-state index >= 15 is 0 Å². The van der Waals surface area contributed by atoms with E-state index in [0.29, 0.717) is 25.3 Å². The lowest BCUT2D eigenvalue weighted by molar-refractivity contribution is 0.182. The minimum Gasteiger partial charge on any atom is -0.383 e. The molecule has 2 aromatic heterocycles. The highest BCUT2D eigenvalue weighted by Gasteiger charge is 2.15. The molecule has 2 heterocycles. The molecule has 0 fully saturated rings. The fourth-order valence-corrected chi connectivity index (χ4v) is 2.13. The van der Waals surface area contributed by atoms with Crippen molar-refractivity contribution in [2.75, 3.05) is 19.0 Å². The Kier molecular flexibility index (Phi) is 4.85. The Morgan fingerprint density at radius 2 is 2.10 bits per heavy atom. The molecule has 0 aromatic carbocycles. The number of aromatic nitrogens is 4. The van der Waals surface area contributed by atoms with E-state index in [-0.39, 0.29) is 5.82 Å². The van der Waals surface area contributed by atoms with Crippen LogP contribution in [0.2, 0.25) is 0 Å². The molecule has 21 heavy (non-hydrogen) atoms. The molecule has 6 nitrogen and oxygen atoms in total. The molecule has 0 bridgehead atoms. The zero-order chi connectivity index (χ0) is 15.4. The summed E-state index contributed by atoms with van der Waals surface area (Å²) < 4.78 is 21.1. The van der Waals surface area contributed by atoms with Gasteiger partial charge in [0.05, 0.1) is 35.9 Å². The molecule has 0 aliphatic rings. The van der Waals surface area contributed by atoms with Gasteiger partial charge in [0.2, 0.25) is 0 Å². The van der Waals surface area contributed by atoms with Crippen LogP contribution in [0, 0.1) is 19.7 Å². The van der Waals surface area contributed by atoms with Gasteiger partial charge in [-0.3, -0.25) is 4.68 Å². The molecule has 0 spiro atoms. The van der Waals surface area contributed by atoms with Crippen molar-refractivity contribution < 1.29 is 9.13 Å². The Morgan fingerprint density at radius 1 is 1.33 bits per heavy atom. The van der Waals surface area contributed by atoms with Gasteiger partial charge in [0, 0.05) is 7.11 Å². The van der Waals surface area contributed by atoms with Gasteiger partial charge >= 0.3 is 0 Å². The Bertz CT molecular complexity index is 626. The minimum absolute atomic E-state index is 0.180. The van der Waals surface area contributed by atoms with E-state index in [1.807, 2.05) is 25.5 Å². The number of nitrogens with one attached hydrogen (secondary N) is 1. The molecule has 0 aliphatic heterocycles. The average molecular weight is 293 g/mol. The maximum absolute atomic E-state index is 14.2. The zero-order valence-electron chi connectivity index (χ0n) is 12.8. The first-order chi connectivity index (χ1) is 10.1. The van der Waals surface area contributed by atoms with E-state index in [4.69, 9.17) is 4.74 Å². The van der Waals surface area contributed by atoms with Crippen LogP contribution in [0.4, 0.5) is 15.9 Å². The van der Waals surface area contributed by atoms with Gasteiger partial charge in [-0.2, -0.15) is 5.10 Å². The average Bonchev–Trinajstić information content (AvgIpc) is 2.74. The molecule has 114 valence electrons. The quantitative estimate of drug-likeness (QED) is 0.886. The highest BCUT2D eigenvalue weighted by atomic mass is 19.1. The van der Waals surface area contributed by atoms with Gasteiger partial charge in [0.1, 0.15) is 6.33 Å². The van der Waals surface area contributed by atoms with Crippen molar-refractivity contribution in [3.05, 3.63) is 29.2 Å². The molecule has 0 atom stereocenters. The summed E-state index contributed by atoms with van der Waals surface area (Å²) in [4.78, 5) is 7.90. The molecule has 2 aromatic rings. The monoisotopic (exact) mass is 293 g/mol. The summed E-state index contributed by atoms with van der Waals surface area (Å²) >= 11 is 0. The Morgan fingerprint density at radius 3 is 2.76 bits per heavy atom. The Hall–Kier alpha value is -2.02. The zero-order valence-corrected chi connectivity index (χ0v) is 12.8. The first-order valence-electron chi connectivity index (χ1n) is 6.87. The van der Waals surface area contributed by atoms with Crippen LogP contribution in [-0.4, -0.2) is 33.5 Å². The van der Waals surface area contributed by atoms with Crippen molar-refractivity contribution in [2.24, 2.45) is 0 Å². The van der Waals surface area contributed by atoms with Crippen LogP contribution in [0.15, 0.2) is 6.33 Å². The van der Waals surface area contributed by atoms with E-state index < -0.39 is 5.82 Å². The van der Waals surface area contributed by atoms with Gasteiger partial charge in [-0.15, -0.1) is 0 Å². The van der Waals surface area contributed by atoms with Gasteiger partial charge in [0.25, 0.3) is 0 Å². The highest BCUT2D eigenvalue weighted by molar-refractivity contribution is 5.62. The smallest absolute Gasteiger partial charge is 0.187 e. The van der Waals surface area contributed by atoms with E-state index in [1.54, 1.807) is 7.11 Å². The summed E-state index contributed by atoms with van der Waals surface area (Å²) in [5.41, 5.74) is 2.88. The Labute approximate surface area is 123 Å². The topological polar surface area (TPSA) is 64.9 Å². The number of rotatable bonds is 6. The lowest BCUT2D eigenvalue weighted by Gasteiger charge is -2.09. The summed E-state index contributed by atoms with van der Waals surface area (Å²) in [5, 5.41) is 7.45. The maximum Gasteiger partial charge on any atom is 0.187 e. The molecule has 1 N–H and O–H groups in total. The van der Waals surface area contributed by atoms with Crippen LogP contribution in [0.3, 0.4) is 0 Å². The van der Waals surface area contributed by atoms with Gasteiger partial charge in [-0.05, 0) is 20.3 Å². The molecule has 0 saturated carbocycles. The van der Waals surface area contributed by atoms with Gasteiger partial charge in [-0.1, -0.05) is 6.92 Å². The van der Waals surface area contributed by atoms with Crippen LogP contribution in [0.1, 0.15) is 24.0 Å². The van der Waals surface area contributed by atoms with Crippen molar-refractivity contribution in [3.63, 3.8) is 0 Å². The van der Waals surface area contributed by atoms with Gasteiger partial charge in [-0.25, -0.2) is 14.4 Å². The number of aryl methyl sites for hydroxylation is 2. The second-order valence-corrected chi connectivity index (χ2v) is 4.72. The SMILES string of the molecule is CCc1ncnc(Nc2c(C)nn(CCOC)c2C)c1F. The number of hydrogen-bond donors (Lipinski definition) is 1. The number of nitrogens with zero attached hydrogens (tertiary/aromatic N) is 4. The van der Waals surface area contributed by atoms with Crippen LogP contribution in [-0.2, 0) is 17.7 Å². The van der Waals surface area contributed by atoms with Crippen molar-refractivity contribution in [1.29, 1.82) is 0 Å². The molecular weight excluding hydrogens is 273 g/mol. The first-order valence-corrected chi connectivity index (χ1v) is 6.87. The molecule has 0 aliphatic carbocycles. The molecule has 0 unspecified atom stereocenters. The molecule has 0 saturated heterocycles. The predicted molar refractivity (Wildman–Crippen MR) is 78.2 cm³/mol. The fourth-order valence-electron chi connectivity index (χ4n) is 2.13. The second-order valence-electron chi connectivity index (χ2n) is 4.72. The maximum atomic E-state index is 14.2. The predicted octanol–water partition coefficient (Wildman–Crippen LogP) is 2.38. The molecular formula is C14H20FN5O. The van der Waals surface area contributed by atoms with Crippen molar-refractivity contribution >= 4 is 11.5 Å². The molecule has 2 rings (SSSR count). The minimum atomic E-state index is -0.413. The number of anilines is 2. The van der Waals surface area contributed by atoms with E-state index in [0.717, 1.165) is 17.1 Å². The highest BCUT2D eigenvalue weighted by Crippen LogP contribution is 2.25. The number of ether oxygens (including phenoxy) is 1. The van der Waals surface area contributed by atoms with Crippen molar-refractivity contribution in [3.8, 4) is 0 Å². The largest absolute Gasteiger partial charge is 0.383 e. The molecule has 0 radical (unpaired) electrons. The summed E-state index contributed by atoms with van der Waals surface area (Å²) in [5.74, 6) is -0.234. The number of halogens is 1. The van der Waals surface area contributed by atoms with Crippen LogP contribution in [0.5, 0.6) is 0 Å². The van der Waals surface area contributed by atoms with Crippen molar-refractivity contribution in [1.82, 2.24) is 19.7 Å². The van der Waals surface area contributed by atoms with E-state index in [2.05, 4.69) is 20.4 Å². The summed E-state index contributed by atoms with van der Waals surface area (Å²) in [6.07, 6.45) is 1.89. The molecule has 0 amide bonds. The number of methoxy groups -OCH3 is 1. The van der Waals surface area contributed by atoms with E-state index in [9.17, 15) is 4.39 Å². The van der Waals surface area contributed by atoms with Crippen molar-refractivity contribution in [2.45, 2.75) is 33.7 Å².